The molecule has 0 aromatic rings. The molecule has 0 spiro atoms. The van der Waals surface area contributed by atoms with E-state index in [1.807, 2.05) is 0 Å². The third-order valence-corrected chi connectivity index (χ3v) is 4.58. The monoisotopic (exact) mass is 305 g/mol. The van der Waals surface area contributed by atoms with E-state index in [9.17, 15) is 18.0 Å². The third-order valence-electron chi connectivity index (χ3n) is 3.55. The number of hydrogen-bond donors (Lipinski definition) is 1. The van der Waals surface area contributed by atoms with Crippen molar-refractivity contribution in [3.05, 3.63) is 0 Å². The highest BCUT2D eigenvalue weighted by Crippen LogP contribution is 2.23. The number of carbonyl (C=O) groups excluding carboxylic acids is 1. The van der Waals surface area contributed by atoms with E-state index in [-0.39, 0.29) is 37.1 Å². The number of rotatable bonds is 7. The predicted molar refractivity (Wildman–Crippen MR) is 75.2 cm³/mol. The first-order valence-corrected chi connectivity index (χ1v) is 9.04. The number of carbonyl (C=O) groups is 2. The van der Waals surface area contributed by atoms with Crippen LogP contribution in [0.25, 0.3) is 0 Å². The van der Waals surface area contributed by atoms with Crippen molar-refractivity contribution < 1.29 is 23.1 Å². The van der Waals surface area contributed by atoms with Crippen molar-refractivity contribution in [1.29, 1.82) is 0 Å². The Morgan fingerprint density at radius 1 is 1.20 bits per heavy atom. The number of aliphatic carboxylic acids is 1. The topological polar surface area (TPSA) is 91.8 Å². The van der Waals surface area contributed by atoms with Crippen LogP contribution < -0.4 is 0 Å². The van der Waals surface area contributed by atoms with Crippen molar-refractivity contribution in [1.82, 2.24) is 4.90 Å². The molecule has 1 amide bonds. The van der Waals surface area contributed by atoms with Gasteiger partial charge in [-0.15, -0.1) is 0 Å². The molecule has 1 aliphatic rings. The van der Waals surface area contributed by atoms with Crippen LogP contribution in [0.3, 0.4) is 0 Å². The fourth-order valence-corrected chi connectivity index (χ4v) is 3.26. The van der Waals surface area contributed by atoms with Crippen LogP contribution in [-0.4, -0.2) is 54.9 Å². The van der Waals surface area contributed by atoms with Crippen LogP contribution in [0.5, 0.6) is 0 Å². The third kappa shape index (κ3) is 6.36. The molecule has 0 saturated heterocycles. The number of hydrogen-bond acceptors (Lipinski definition) is 4. The molecule has 0 aliphatic heterocycles. The quantitative estimate of drug-likeness (QED) is 0.759. The second-order valence-corrected chi connectivity index (χ2v) is 7.70. The molecule has 0 aromatic heterocycles. The molecular weight excluding hydrogens is 282 g/mol. The lowest BCUT2D eigenvalue weighted by Gasteiger charge is -2.33. The van der Waals surface area contributed by atoms with Gasteiger partial charge in [-0.3, -0.25) is 9.59 Å². The Bertz CT molecular complexity index is 440. The molecule has 1 fully saturated rings. The summed E-state index contributed by atoms with van der Waals surface area (Å²) in [5.74, 6) is -1.31. The van der Waals surface area contributed by atoms with Crippen LogP contribution in [0.2, 0.25) is 0 Å². The second-order valence-electron chi connectivity index (χ2n) is 5.44. The van der Waals surface area contributed by atoms with Gasteiger partial charge in [-0.25, -0.2) is 8.42 Å². The summed E-state index contributed by atoms with van der Waals surface area (Å²) in [5.41, 5.74) is 0. The molecule has 116 valence electrons. The molecule has 0 bridgehead atoms. The van der Waals surface area contributed by atoms with Crippen molar-refractivity contribution in [3.8, 4) is 0 Å². The Kier molecular flexibility index (Phi) is 6.45. The minimum atomic E-state index is -3.08. The van der Waals surface area contributed by atoms with Crippen molar-refractivity contribution in [3.63, 3.8) is 0 Å². The van der Waals surface area contributed by atoms with Gasteiger partial charge in [-0.05, 0) is 19.3 Å². The first kappa shape index (κ1) is 16.9. The Morgan fingerprint density at radius 2 is 1.80 bits per heavy atom. The van der Waals surface area contributed by atoms with Crippen LogP contribution in [0.1, 0.15) is 44.9 Å². The molecule has 7 heteroatoms. The number of carboxylic acid groups (broad SMARTS) is 1. The molecule has 6 nitrogen and oxygen atoms in total. The van der Waals surface area contributed by atoms with Gasteiger partial charge in [-0.1, -0.05) is 19.3 Å². The van der Waals surface area contributed by atoms with Gasteiger partial charge < -0.3 is 10.0 Å². The van der Waals surface area contributed by atoms with Crippen LogP contribution in [0.4, 0.5) is 0 Å². The normalized spacial score (nSPS) is 16.9. The predicted octanol–water partition coefficient (Wildman–Crippen LogP) is 1.06. The summed E-state index contributed by atoms with van der Waals surface area (Å²) >= 11 is 0. The molecule has 0 unspecified atom stereocenters. The van der Waals surface area contributed by atoms with E-state index >= 15 is 0 Å². The fraction of sp³-hybridized carbons (Fsp3) is 0.846. The van der Waals surface area contributed by atoms with E-state index in [2.05, 4.69) is 0 Å². The smallest absolute Gasteiger partial charge is 0.323 e. The summed E-state index contributed by atoms with van der Waals surface area (Å²) in [6, 6.07) is -0.00872. The molecule has 20 heavy (non-hydrogen) atoms. The Labute approximate surface area is 120 Å². The summed E-state index contributed by atoms with van der Waals surface area (Å²) in [5, 5.41) is 8.93. The SMILES string of the molecule is CS(=O)(=O)CCCC(=O)N(CC(=O)O)C1CCCCC1. The summed E-state index contributed by atoms with van der Waals surface area (Å²) < 4.78 is 22.1. The van der Waals surface area contributed by atoms with Crippen molar-refractivity contribution in [2.75, 3.05) is 18.6 Å². The van der Waals surface area contributed by atoms with E-state index in [0.717, 1.165) is 38.4 Å². The van der Waals surface area contributed by atoms with Crippen LogP contribution >= 0.6 is 0 Å². The maximum atomic E-state index is 12.1. The van der Waals surface area contributed by atoms with Gasteiger partial charge in [0.05, 0.1) is 5.75 Å². The molecular formula is C13H23NO5S. The van der Waals surface area contributed by atoms with Crippen molar-refractivity contribution in [2.24, 2.45) is 0 Å². The lowest BCUT2D eigenvalue weighted by Crippen LogP contribution is -2.44. The Hall–Kier alpha value is -1.11. The molecule has 0 atom stereocenters. The van der Waals surface area contributed by atoms with Gasteiger partial charge in [0.1, 0.15) is 16.4 Å². The molecule has 1 saturated carbocycles. The number of amides is 1. The summed E-state index contributed by atoms with van der Waals surface area (Å²) in [6.45, 7) is -0.289. The standard InChI is InChI=1S/C13H23NO5S/c1-20(18,19)9-5-8-12(15)14(10-13(16)17)11-6-3-2-4-7-11/h11H,2-10H2,1H3,(H,16,17). The Balaban J connectivity index is 2.57. The van der Waals surface area contributed by atoms with Crippen LogP contribution in [0, 0.1) is 0 Å². The number of sulfone groups is 1. The molecule has 1 rings (SSSR count). The van der Waals surface area contributed by atoms with Gasteiger partial charge >= 0.3 is 5.97 Å². The van der Waals surface area contributed by atoms with Gasteiger partial charge in [0.15, 0.2) is 0 Å². The minimum Gasteiger partial charge on any atom is -0.480 e. The summed E-state index contributed by atoms with van der Waals surface area (Å²) in [6.07, 6.45) is 6.30. The van der Waals surface area contributed by atoms with Crippen LogP contribution in [-0.2, 0) is 19.4 Å². The van der Waals surface area contributed by atoms with E-state index in [0.29, 0.717) is 0 Å². The molecule has 0 heterocycles. The van der Waals surface area contributed by atoms with Crippen molar-refractivity contribution in [2.45, 2.75) is 51.0 Å². The average Bonchev–Trinajstić information content (AvgIpc) is 2.35. The van der Waals surface area contributed by atoms with E-state index in [1.54, 1.807) is 0 Å². The zero-order chi connectivity index (χ0) is 15.2. The van der Waals surface area contributed by atoms with E-state index < -0.39 is 15.8 Å². The van der Waals surface area contributed by atoms with Crippen LogP contribution in [0.15, 0.2) is 0 Å². The number of nitrogens with zero attached hydrogens (tertiary/aromatic N) is 1. The van der Waals surface area contributed by atoms with Gasteiger partial charge in [-0.2, -0.15) is 0 Å². The summed E-state index contributed by atoms with van der Waals surface area (Å²) in [4.78, 5) is 24.5. The highest BCUT2D eigenvalue weighted by molar-refractivity contribution is 7.90. The first-order chi connectivity index (χ1) is 9.29. The minimum absolute atomic E-state index is 0.00872. The highest BCUT2D eigenvalue weighted by atomic mass is 32.2. The number of carboxylic acids is 1. The lowest BCUT2D eigenvalue weighted by molar-refractivity contribution is -0.146. The highest BCUT2D eigenvalue weighted by Gasteiger charge is 2.26. The average molecular weight is 305 g/mol. The molecule has 0 radical (unpaired) electrons. The summed E-state index contributed by atoms with van der Waals surface area (Å²) in [7, 11) is -3.08. The largest absolute Gasteiger partial charge is 0.480 e. The zero-order valence-electron chi connectivity index (χ0n) is 11.9. The molecule has 1 aliphatic carbocycles. The first-order valence-electron chi connectivity index (χ1n) is 6.98. The second kappa shape index (κ2) is 7.61. The fourth-order valence-electron chi connectivity index (χ4n) is 2.59. The van der Waals surface area contributed by atoms with Gasteiger partial charge in [0.25, 0.3) is 0 Å². The lowest BCUT2D eigenvalue weighted by atomic mass is 9.94. The maximum absolute atomic E-state index is 12.1. The van der Waals surface area contributed by atoms with E-state index in [4.69, 9.17) is 5.11 Å². The van der Waals surface area contributed by atoms with Crippen molar-refractivity contribution >= 4 is 21.7 Å². The zero-order valence-corrected chi connectivity index (χ0v) is 12.7. The van der Waals surface area contributed by atoms with Gasteiger partial charge in [0, 0.05) is 18.7 Å². The molecule has 1 N–H and O–H groups in total. The maximum Gasteiger partial charge on any atom is 0.323 e. The van der Waals surface area contributed by atoms with E-state index in [1.165, 1.54) is 4.90 Å². The Morgan fingerprint density at radius 3 is 2.30 bits per heavy atom. The van der Waals surface area contributed by atoms with Gasteiger partial charge in [0.2, 0.25) is 5.91 Å². The molecule has 0 aromatic carbocycles.